The Kier molecular flexibility index (Phi) is 6.29. The maximum absolute atomic E-state index is 12.5. The molecule has 2 rings (SSSR count). The Morgan fingerprint density at radius 1 is 0.800 bits per heavy atom. The molecule has 2 nitrogen and oxygen atoms in total. The second-order valence-electron chi connectivity index (χ2n) is 5.54. The summed E-state index contributed by atoms with van der Waals surface area (Å²) in [6.45, 7) is 10.4. The van der Waals surface area contributed by atoms with Crippen molar-refractivity contribution in [3.8, 4) is 0 Å². The van der Waals surface area contributed by atoms with Crippen molar-refractivity contribution in [3.63, 3.8) is 0 Å². The maximum atomic E-state index is 12.5. The summed E-state index contributed by atoms with van der Waals surface area (Å²) >= 11 is 0. The zero-order valence-corrected chi connectivity index (χ0v) is 12.9. The van der Waals surface area contributed by atoms with Gasteiger partial charge in [-0.15, -0.1) is 0 Å². The van der Waals surface area contributed by atoms with Crippen molar-refractivity contribution >= 4 is 0 Å². The minimum Gasteiger partial charge on any atom is -0.264 e. The SMILES string of the molecule is CC(C)c1cncc(F)c1.Cc1cncc(C(C)C)c1. The molecule has 0 aliphatic heterocycles. The Balaban J connectivity index is 0.000000200. The highest BCUT2D eigenvalue weighted by Crippen LogP contribution is 2.13. The van der Waals surface area contributed by atoms with Crippen LogP contribution in [0.1, 0.15) is 56.2 Å². The monoisotopic (exact) mass is 274 g/mol. The third-order valence-electron chi connectivity index (χ3n) is 2.96. The van der Waals surface area contributed by atoms with Gasteiger partial charge in [0.1, 0.15) is 5.82 Å². The number of halogens is 1. The average Bonchev–Trinajstić information content (AvgIpc) is 2.39. The molecule has 0 bridgehead atoms. The summed E-state index contributed by atoms with van der Waals surface area (Å²) < 4.78 is 12.5. The molecule has 2 aromatic heterocycles. The highest BCUT2D eigenvalue weighted by molar-refractivity contribution is 5.19. The Labute approximate surface area is 121 Å². The molecule has 20 heavy (non-hydrogen) atoms. The van der Waals surface area contributed by atoms with Gasteiger partial charge in [-0.25, -0.2) is 4.39 Å². The summed E-state index contributed by atoms with van der Waals surface area (Å²) in [5.74, 6) is 0.682. The van der Waals surface area contributed by atoms with Gasteiger partial charge in [0.25, 0.3) is 0 Å². The van der Waals surface area contributed by atoms with Crippen molar-refractivity contribution < 1.29 is 4.39 Å². The predicted octanol–water partition coefficient (Wildman–Crippen LogP) is 4.86. The largest absolute Gasteiger partial charge is 0.264 e. The van der Waals surface area contributed by atoms with Gasteiger partial charge >= 0.3 is 0 Å². The van der Waals surface area contributed by atoms with Crippen LogP contribution < -0.4 is 0 Å². The first-order valence-corrected chi connectivity index (χ1v) is 6.92. The van der Waals surface area contributed by atoms with Crippen LogP contribution in [0.15, 0.2) is 36.9 Å². The minimum absolute atomic E-state index is 0.258. The topological polar surface area (TPSA) is 25.8 Å². The van der Waals surface area contributed by atoms with Crippen molar-refractivity contribution in [3.05, 3.63) is 59.4 Å². The minimum atomic E-state index is -0.258. The van der Waals surface area contributed by atoms with Gasteiger partial charge in [-0.1, -0.05) is 33.8 Å². The predicted molar refractivity (Wildman–Crippen MR) is 81.3 cm³/mol. The summed E-state index contributed by atoms with van der Waals surface area (Å²) in [5, 5.41) is 0. The lowest BCUT2D eigenvalue weighted by Crippen LogP contribution is -1.89. The second-order valence-corrected chi connectivity index (χ2v) is 5.54. The van der Waals surface area contributed by atoms with Crippen LogP contribution in [0.5, 0.6) is 0 Å². The number of aryl methyl sites for hydroxylation is 1. The molecule has 0 aliphatic rings. The fourth-order valence-electron chi connectivity index (χ4n) is 1.64. The lowest BCUT2D eigenvalue weighted by atomic mass is 10.0. The Morgan fingerprint density at radius 3 is 1.65 bits per heavy atom. The third kappa shape index (κ3) is 5.47. The quantitative estimate of drug-likeness (QED) is 0.781. The van der Waals surface area contributed by atoms with Gasteiger partial charge < -0.3 is 0 Å². The van der Waals surface area contributed by atoms with Crippen molar-refractivity contribution in [1.29, 1.82) is 0 Å². The standard InChI is InChI=1S/C9H13N.C8H10FN/c1-7(2)9-4-8(3)5-10-6-9;1-6(2)7-3-8(9)5-10-4-7/h4-7H,1-3H3;3-6H,1-2H3. The van der Waals surface area contributed by atoms with E-state index in [9.17, 15) is 4.39 Å². The fourth-order valence-corrected chi connectivity index (χ4v) is 1.64. The summed E-state index contributed by atoms with van der Waals surface area (Å²) in [4.78, 5) is 7.84. The number of hydrogen-bond donors (Lipinski definition) is 0. The lowest BCUT2D eigenvalue weighted by Gasteiger charge is -2.03. The van der Waals surface area contributed by atoms with E-state index < -0.39 is 0 Å². The molecule has 2 aromatic rings. The third-order valence-corrected chi connectivity index (χ3v) is 2.96. The molecule has 2 heterocycles. The van der Waals surface area contributed by atoms with Crippen molar-refractivity contribution in [2.45, 2.75) is 46.5 Å². The van der Waals surface area contributed by atoms with Crippen LogP contribution in [0.2, 0.25) is 0 Å². The fraction of sp³-hybridized carbons (Fsp3) is 0.412. The van der Waals surface area contributed by atoms with E-state index in [2.05, 4.69) is 36.8 Å². The molecule has 108 valence electrons. The van der Waals surface area contributed by atoms with E-state index >= 15 is 0 Å². The molecule has 0 saturated heterocycles. The van der Waals surface area contributed by atoms with Gasteiger partial charge in [0.15, 0.2) is 0 Å². The van der Waals surface area contributed by atoms with E-state index in [-0.39, 0.29) is 5.82 Å². The molecular weight excluding hydrogens is 251 g/mol. The normalized spacial score (nSPS) is 10.4. The summed E-state index contributed by atoms with van der Waals surface area (Å²) in [5.41, 5.74) is 3.51. The molecule has 0 saturated carbocycles. The van der Waals surface area contributed by atoms with E-state index in [1.165, 1.54) is 23.4 Å². The Bertz CT molecular complexity index is 487. The van der Waals surface area contributed by atoms with Crippen LogP contribution >= 0.6 is 0 Å². The maximum Gasteiger partial charge on any atom is 0.141 e. The number of nitrogens with zero attached hydrogens (tertiary/aromatic N) is 2. The molecule has 0 aliphatic carbocycles. The van der Waals surface area contributed by atoms with Crippen LogP contribution in [-0.4, -0.2) is 9.97 Å². The van der Waals surface area contributed by atoms with Gasteiger partial charge in [-0.05, 0) is 41.5 Å². The van der Waals surface area contributed by atoms with Gasteiger partial charge in [0, 0.05) is 18.6 Å². The molecular formula is C17H23FN2. The van der Waals surface area contributed by atoms with E-state index in [0.29, 0.717) is 11.8 Å². The van der Waals surface area contributed by atoms with E-state index in [1.54, 1.807) is 6.20 Å². The van der Waals surface area contributed by atoms with E-state index in [4.69, 9.17) is 0 Å². The highest BCUT2D eigenvalue weighted by atomic mass is 19.1. The molecule has 0 aromatic carbocycles. The van der Waals surface area contributed by atoms with Crippen molar-refractivity contribution in [2.75, 3.05) is 0 Å². The molecule has 3 heteroatoms. The summed E-state index contributed by atoms with van der Waals surface area (Å²) in [6, 6.07) is 3.69. The lowest BCUT2D eigenvalue weighted by molar-refractivity contribution is 0.616. The highest BCUT2D eigenvalue weighted by Gasteiger charge is 1.99. The van der Waals surface area contributed by atoms with Crippen LogP contribution in [0.3, 0.4) is 0 Å². The molecule has 0 spiro atoms. The van der Waals surface area contributed by atoms with Crippen LogP contribution in [-0.2, 0) is 0 Å². The smallest absolute Gasteiger partial charge is 0.141 e. The van der Waals surface area contributed by atoms with Crippen molar-refractivity contribution in [2.24, 2.45) is 0 Å². The molecule has 0 radical (unpaired) electrons. The first kappa shape index (κ1) is 16.3. The van der Waals surface area contributed by atoms with E-state index in [1.807, 2.05) is 26.2 Å². The number of aromatic nitrogens is 2. The molecule has 0 amide bonds. The zero-order chi connectivity index (χ0) is 15.1. The van der Waals surface area contributed by atoms with Crippen LogP contribution in [0, 0.1) is 12.7 Å². The summed E-state index contributed by atoms with van der Waals surface area (Å²) in [6.07, 6.45) is 6.71. The first-order chi connectivity index (χ1) is 9.40. The Hall–Kier alpha value is -1.77. The summed E-state index contributed by atoms with van der Waals surface area (Å²) in [7, 11) is 0. The van der Waals surface area contributed by atoms with E-state index in [0.717, 1.165) is 5.56 Å². The number of hydrogen-bond acceptors (Lipinski definition) is 2. The van der Waals surface area contributed by atoms with Crippen LogP contribution in [0.25, 0.3) is 0 Å². The van der Waals surface area contributed by atoms with Gasteiger partial charge in [0.05, 0.1) is 6.20 Å². The molecule has 0 atom stereocenters. The van der Waals surface area contributed by atoms with Crippen LogP contribution in [0.4, 0.5) is 4.39 Å². The molecule has 0 fully saturated rings. The first-order valence-electron chi connectivity index (χ1n) is 6.92. The van der Waals surface area contributed by atoms with Gasteiger partial charge in [-0.3, -0.25) is 9.97 Å². The van der Waals surface area contributed by atoms with Gasteiger partial charge in [-0.2, -0.15) is 0 Å². The zero-order valence-electron chi connectivity index (χ0n) is 12.9. The average molecular weight is 274 g/mol. The van der Waals surface area contributed by atoms with Gasteiger partial charge in [0.2, 0.25) is 0 Å². The molecule has 0 N–H and O–H groups in total. The van der Waals surface area contributed by atoms with Crippen molar-refractivity contribution in [1.82, 2.24) is 9.97 Å². The number of pyridine rings is 2. The molecule has 0 unspecified atom stereocenters. The number of rotatable bonds is 2. The second kappa shape index (κ2) is 7.73. The Morgan fingerprint density at radius 2 is 1.30 bits per heavy atom.